The van der Waals surface area contributed by atoms with Gasteiger partial charge in [0.2, 0.25) is 0 Å². The highest BCUT2D eigenvalue weighted by Crippen LogP contribution is 2.28. The van der Waals surface area contributed by atoms with Crippen molar-refractivity contribution < 1.29 is 0 Å². The van der Waals surface area contributed by atoms with Gasteiger partial charge in [-0.05, 0) is 42.8 Å². The van der Waals surface area contributed by atoms with Gasteiger partial charge in [-0.2, -0.15) is 0 Å². The van der Waals surface area contributed by atoms with Crippen LogP contribution < -0.4 is 0 Å². The van der Waals surface area contributed by atoms with E-state index in [2.05, 4.69) is 54.4 Å². The van der Waals surface area contributed by atoms with Crippen LogP contribution in [0.1, 0.15) is 5.56 Å². The molecule has 2 nitrogen and oxygen atoms in total. The van der Waals surface area contributed by atoms with E-state index < -0.39 is 0 Å². The molecule has 4 rings (SSSR count). The summed E-state index contributed by atoms with van der Waals surface area (Å²) < 4.78 is 0. The zero-order valence-electron chi connectivity index (χ0n) is 12.9. The van der Waals surface area contributed by atoms with Crippen molar-refractivity contribution in [2.45, 2.75) is 6.92 Å². The number of benzene rings is 2. The zero-order valence-corrected chi connectivity index (χ0v) is 12.9. The van der Waals surface area contributed by atoms with Crippen LogP contribution >= 0.6 is 0 Å². The maximum atomic E-state index is 4.86. The van der Waals surface area contributed by atoms with Crippen molar-refractivity contribution in [2.75, 3.05) is 0 Å². The van der Waals surface area contributed by atoms with Crippen molar-refractivity contribution >= 4 is 10.9 Å². The minimum Gasteiger partial charge on any atom is -0.256 e. The molecule has 0 bridgehead atoms. The van der Waals surface area contributed by atoms with Crippen LogP contribution in [0.3, 0.4) is 0 Å². The Morgan fingerprint density at radius 3 is 2.43 bits per heavy atom. The molecule has 0 saturated heterocycles. The van der Waals surface area contributed by atoms with Crippen LogP contribution in [-0.4, -0.2) is 9.97 Å². The summed E-state index contributed by atoms with van der Waals surface area (Å²) in [6.45, 7) is 2.11. The standard InChI is InChI=1S/C21H16N2/c1-15-13-16-7-2-3-11-20(16)23-21(15)18-9-6-8-17(14-18)19-10-4-5-12-22-19/h2-14H,1H3. The lowest BCUT2D eigenvalue weighted by molar-refractivity contribution is 1.31. The topological polar surface area (TPSA) is 25.8 Å². The summed E-state index contributed by atoms with van der Waals surface area (Å²) in [6, 6.07) is 24.8. The van der Waals surface area contributed by atoms with Crippen molar-refractivity contribution in [3.8, 4) is 22.5 Å². The van der Waals surface area contributed by atoms with E-state index in [0.29, 0.717) is 0 Å². The zero-order chi connectivity index (χ0) is 15.6. The van der Waals surface area contributed by atoms with Gasteiger partial charge >= 0.3 is 0 Å². The molecule has 0 fully saturated rings. The van der Waals surface area contributed by atoms with E-state index in [9.17, 15) is 0 Å². The second-order valence-corrected chi connectivity index (χ2v) is 5.64. The third-order valence-electron chi connectivity index (χ3n) is 4.01. The summed E-state index contributed by atoms with van der Waals surface area (Å²) >= 11 is 0. The van der Waals surface area contributed by atoms with E-state index in [1.54, 1.807) is 0 Å². The van der Waals surface area contributed by atoms with Crippen molar-refractivity contribution in [3.05, 3.63) is 84.6 Å². The van der Waals surface area contributed by atoms with Gasteiger partial charge in [0, 0.05) is 22.7 Å². The smallest absolute Gasteiger partial charge is 0.0739 e. The van der Waals surface area contributed by atoms with Gasteiger partial charge in [-0.25, -0.2) is 4.98 Å². The second kappa shape index (κ2) is 5.65. The first-order chi connectivity index (χ1) is 11.3. The van der Waals surface area contributed by atoms with Crippen LogP contribution in [-0.2, 0) is 0 Å². The number of fused-ring (bicyclic) bond motifs is 1. The van der Waals surface area contributed by atoms with Crippen LogP contribution in [0, 0.1) is 6.92 Å². The minimum absolute atomic E-state index is 0.979. The summed E-state index contributed by atoms with van der Waals surface area (Å²) in [7, 11) is 0. The number of aromatic nitrogens is 2. The van der Waals surface area contributed by atoms with E-state index >= 15 is 0 Å². The summed E-state index contributed by atoms with van der Waals surface area (Å²) in [5, 5.41) is 1.18. The normalized spacial score (nSPS) is 10.8. The molecule has 0 radical (unpaired) electrons. The Balaban J connectivity index is 1.86. The van der Waals surface area contributed by atoms with Crippen LogP contribution in [0.15, 0.2) is 79.0 Å². The molecule has 0 atom stereocenters. The quantitative estimate of drug-likeness (QED) is 0.503. The Hall–Kier alpha value is -3.00. The summed E-state index contributed by atoms with van der Waals surface area (Å²) in [4.78, 5) is 9.30. The average molecular weight is 296 g/mol. The lowest BCUT2D eigenvalue weighted by Crippen LogP contribution is -1.91. The predicted molar refractivity (Wildman–Crippen MR) is 95.1 cm³/mol. The van der Waals surface area contributed by atoms with E-state index in [4.69, 9.17) is 4.98 Å². The summed E-state index contributed by atoms with van der Waals surface area (Å²) in [6.07, 6.45) is 1.82. The van der Waals surface area contributed by atoms with E-state index in [-0.39, 0.29) is 0 Å². The lowest BCUT2D eigenvalue weighted by atomic mass is 10.0. The van der Waals surface area contributed by atoms with Crippen molar-refractivity contribution in [1.29, 1.82) is 0 Å². The van der Waals surface area contributed by atoms with Gasteiger partial charge in [-0.15, -0.1) is 0 Å². The molecule has 0 unspecified atom stereocenters. The Kier molecular flexibility index (Phi) is 3.35. The van der Waals surface area contributed by atoms with Crippen LogP contribution in [0.25, 0.3) is 33.4 Å². The van der Waals surface area contributed by atoms with Crippen LogP contribution in [0.2, 0.25) is 0 Å². The van der Waals surface area contributed by atoms with Gasteiger partial charge in [0.05, 0.1) is 16.9 Å². The van der Waals surface area contributed by atoms with Gasteiger partial charge in [0.15, 0.2) is 0 Å². The molecule has 23 heavy (non-hydrogen) atoms. The van der Waals surface area contributed by atoms with Crippen LogP contribution in [0.5, 0.6) is 0 Å². The first-order valence-electron chi connectivity index (χ1n) is 7.69. The number of pyridine rings is 2. The van der Waals surface area contributed by atoms with Gasteiger partial charge < -0.3 is 0 Å². The molecule has 0 aliphatic heterocycles. The predicted octanol–water partition coefficient (Wildman–Crippen LogP) is 5.27. The monoisotopic (exact) mass is 296 g/mol. The molecule has 2 aromatic carbocycles. The molecule has 2 aromatic heterocycles. The van der Waals surface area contributed by atoms with E-state index in [1.165, 1.54) is 10.9 Å². The van der Waals surface area contributed by atoms with Crippen LogP contribution in [0.4, 0.5) is 0 Å². The molecule has 0 amide bonds. The van der Waals surface area contributed by atoms with Crippen molar-refractivity contribution in [2.24, 2.45) is 0 Å². The van der Waals surface area contributed by atoms with Gasteiger partial charge in [0.1, 0.15) is 0 Å². The Morgan fingerprint density at radius 2 is 1.57 bits per heavy atom. The minimum atomic E-state index is 0.979. The number of hydrogen-bond acceptors (Lipinski definition) is 2. The fraction of sp³-hybridized carbons (Fsp3) is 0.0476. The fourth-order valence-electron chi connectivity index (χ4n) is 2.87. The third kappa shape index (κ3) is 2.59. The highest BCUT2D eigenvalue weighted by atomic mass is 14.7. The molecule has 0 N–H and O–H groups in total. The first-order valence-corrected chi connectivity index (χ1v) is 7.69. The number of nitrogens with zero attached hydrogens (tertiary/aromatic N) is 2. The fourth-order valence-corrected chi connectivity index (χ4v) is 2.87. The molecule has 0 aliphatic carbocycles. The van der Waals surface area contributed by atoms with Gasteiger partial charge in [0.25, 0.3) is 0 Å². The maximum Gasteiger partial charge on any atom is 0.0739 e. The first kappa shape index (κ1) is 13.6. The van der Waals surface area contributed by atoms with Crippen molar-refractivity contribution in [1.82, 2.24) is 9.97 Å². The highest BCUT2D eigenvalue weighted by molar-refractivity contribution is 5.83. The highest BCUT2D eigenvalue weighted by Gasteiger charge is 2.08. The Morgan fingerprint density at radius 1 is 0.739 bits per heavy atom. The Labute approximate surface area is 135 Å². The number of para-hydroxylation sites is 1. The summed E-state index contributed by atoms with van der Waals surface area (Å²) in [5.74, 6) is 0. The maximum absolute atomic E-state index is 4.86. The third-order valence-corrected chi connectivity index (χ3v) is 4.01. The van der Waals surface area contributed by atoms with E-state index in [0.717, 1.165) is 28.0 Å². The molecule has 0 saturated carbocycles. The van der Waals surface area contributed by atoms with Gasteiger partial charge in [-0.1, -0.05) is 42.5 Å². The molecular formula is C21H16N2. The van der Waals surface area contributed by atoms with E-state index in [1.807, 2.05) is 36.5 Å². The molecule has 0 spiro atoms. The number of aryl methyl sites for hydroxylation is 1. The number of hydrogen-bond donors (Lipinski definition) is 0. The summed E-state index contributed by atoms with van der Waals surface area (Å²) in [5.41, 5.74) is 6.45. The largest absolute Gasteiger partial charge is 0.256 e. The SMILES string of the molecule is Cc1cc2ccccc2nc1-c1cccc(-c2ccccn2)c1. The molecule has 2 heteroatoms. The second-order valence-electron chi connectivity index (χ2n) is 5.64. The molecule has 4 aromatic rings. The number of rotatable bonds is 2. The Bertz CT molecular complexity index is 975. The van der Waals surface area contributed by atoms with Crippen molar-refractivity contribution in [3.63, 3.8) is 0 Å². The molecule has 2 heterocycles. The molecule has 110 valence electrons. The lowest BCUT2D eigenvalue weighted by Gasteiger charge is -2.09. The average Bonchev–Trinajstić information content (AvgIpc) is 2.62. The van der Waals surface area contributed by atoms with Gasteiger partial charge in [-0.3, -0.25) is 4.98 Å². The molecule has 0 aliphatic rings. The molecular weight excluding hydrogens is 280 g/mol.